The summed E-state index contributed by atoms with van der Waals surface area (Å²) < 4.78 is 0.801. The topological polar surface area (TPSA) is 28.7 Å². The zero-order valence-corrected chi connectivity index (χ0v) is 13.1. The monoisotopic (exact) mass is 288 g/mol. The molecule has 0 atom stereocenters. The number of nitrogens with one attached hydrogen (secondary N) is 1. The first kappa shape index (κ1) is 15.2. The van der Waals surface area contributed by atoms with Gasteiger partial charge in [-0.25, -0.2) is 4.98 Å². The average Bonchev–Trinajstić information content (AvgIpc) is 2.46. The third-order valence-electron chi connectivity index (χ3n) is 3.69. The van der Waals surface area contributed by atoms with Gasteiger partial charge in [-0.1, -0.05) is 69.8 Å². The number of benzene rings is 1. The fourth-order valence-corrected chi connectivity index (χ4v) is 2.74. The maximum absolute atomic E-state index is 5.40. The van der Waals surface area contributed by atoms with Crippen LogP contribution >= 0.6 is 12.2 Å². The SMILES string of the molecule is CCCCCCCCCc1nc2ccccc2[nH]c1=S. The molecular weight excluding hydrogens is 264 g/mol. The van der Waals surface area contributed by atoms with Gasteiger partial charge in [0.2, 0.25) is 0 Å². The second kappa shape index (κ2) is 8.15. The van der Waals surface area contributed by atoms with E-state index in [1.807, 2.05) is 24.3 Å². The van der Waals surface area contributed by atoms with Crippen molar-refractivity contribution in [2.75, 3.05) is 0 Å². The lowest BCUT2D eigenvalue weighted by Gasteiger charge is -2.04. The van der Waals surface area contributed by atoms with Gasteiger partial charge in [-0.15, -0.1) is 0 Å². The van der Waals surface area contributed by atoms with Crippen molar-refractivity contribution in [1.29, 1.82) is 0 Å². The molecule has 0 aliphatic heterocycles. The van der Waals surface area contributed by atoms with Crippen LogP contribution in [0.3, 0.4) is 0 Å². The first-order valence-corrected chi connectivity index (χ1v) is 8.20. The molecule has 20 heavy (non-hydrogen) atoms. The van der Waals surface area contributed by atoms with Crippen LogP contribution < -0.4 is 0 Å². The van der Waals surface area contributed by atoms with Gasteiger partial charge in [-0.2, -0.15) is 0 Å². The molecule has 0 fully saturated rings. The number of aryl methyl sites for hydroxylation is 1. The van der Waals surface area contributed by atoms with E-state index in [0.717, 1.165) is 27.8 Å². The molecule has 0 amide bonds. The van der Waals surface area contributed by atoms with E-state index in [-0.39, 0.29) is 0 Å². The summed E-state index contributed by atoms with van der Waals surface area (Å²) in [6.07, 6.45) is 10.2. The van der Waals surface area contributed by atoms with Gasteiger partial charge in [-0.3, -0.25) is 0 Å². The minimum absolute atomic E-state index is 0.801. The van der Waals surface area contributed by atoms with E-state index < -0.39 is 0 Å². The van der Waals surface area contributed by atoms with Crippen LogP contribution in [-0.4, -0.2) is 9.97 Å². The minimum Gasteiger partial charge on any atom is -0.343 e. The fraction of sp³-hybridized carbons (Fsp3) is 0.529. The van der Waals surface area contributed by atoms with Crippen LogP contribution in [0.25, 0.3) is 11.0 Å². The van der Waals surface area contributed by atoms with Gasteiger partial charge in [0.15, 0.2) is 0 Å². The summed E-state index contributed by atoms with van der Waals surface area (Å²) in [5.41, 5.74) is 3.09. The molecule has 108 valence electrons. The number of H-pyrrole nitrogens is 1. The third-order valence-corrected chi connectivity index (χ3v) is 4.02. The highest BCUT2D eigenvalue weighted by atomic mass is 32.1. The smallest absolute Gasteiger partial charge is 0.125 e. The van der Waals surface area contributed by atoms with E-state index in [2.05, 4.69) is 16.9 Å². The van der Waals surface area contributed by atoms with Crippen LogP contribution in [0.1, 0.15) is 57.6 Å². The average molecular weight is 288 g/mol. The molecule has 0 aliphatic rings. The number of nitrogens with zero attached hydrogens (tertiary/aromatic N) is 1. The lowest BCUT2D eigenvalue weighted by atomic mass is 10.1. The molecule has 1 N–H and O–H groups in total. The van der Waals surface area contributed by atoms with E-state index in [1.54, 1.807) is 0 Å². The largest absolute Gasteiger partial charge is 0.343 e. The number of aromatic nitrogens is 2. The molecule has 0 saturated heterocycles. The van der Waals surface area contributed by atoms with Crippen LogP contribution in [0.4, 0.5) is 0 Å². The van der Waals surface area contributed by atoms with E-state index >= 15 is 0 Å². The first-order valence-electron chi connectivity index (χ1n) is 7.79. The van der Waals surface area contributed by atoms with Crippen LogP contribution in [0.2, 0.25) is 0 Å². The Morgan fingerprint density at radius 3 is 2.50 bits per heavy atom. The number of fused-ring (bicyclic) bond motifs is 1. The number of rotatable bonds is 8. The highest BCUT2D eigenvalue weighted by Crippen LogP contribution is 2.13. The Labute approximate surface area is 126 Å². The molecule has 0 aliphatic carbocycles. The lowest BCUT2D eigenvalue weighted by Crippen LogP contribution is -1.96. The number of unbranched alkanes of at least 4 members (excludes halogenated alkanes) is 6. The maximum atomic E-state index is 5.40. The summed E-state index contributed by atoms with van der Waals surface area (Å²) in [4.78, 5) is 7.97. The van der Waals surface area contributed by atoms with Gasteiger partial charge >= 0.3 is 0 Å². The van der Waals surface area contributed by atoms with Crippen LogP contribution in [-0.2, 0) is 6.42 Å². The quantitative estimate of drug-likeness (QED) is 0.507. The maximum Gasteiger partial charge on any atom is 0.125 e. The first-order chi connectivity index (χ1) is 9.81. The number of aromatic amines is 1. The zero-order valence-electron chi connectivity index (χ0n) is 12.3. The second-order valence-corrected chi connectivity index (χ2v) is 5.81. The van der Waals surface area contributed by atoms with E-state index in [9.17, 15) is 0 Å². The number of hydrogen-bond donors (Lipinski definition) is 1. The molecule has 3 heteroatoms. The van der Waals surface area contributed by atoms with Gasteiger partial charge in [0, 0.05) is 0 Å². The second-order valence-electron chi connectivity index (χ2n) is 5.40. The van der Waals surface area contributed by atoms with Crippen molar-refractivity contribution in [3.8, 4) is 0 Å². The molecule has 0 unspecified atom stereocenters. The molecule has 2 nitrogen and oxygen atoms in total. The molecule has 1 aromatic heterocycles. The molecular formula is C17H24N2S. The summed E-state index contributed by atoms with van der Waals surface area (Å²) >= 11 is 5.40. The molecule has 1 heterocycles. The van der Waals surface area contributed by atoms with Gasteiger partial charge in [0.1, 0.15) is 4.64 Å². The summed E-state index contributed by atoms with van der Waals surface area (Å²) in [5, 5.41) is 0. The Morgan fingerprint density at radius 1 is 1.00 bits per heavy atom. The summed E-state index contributed by atoms with van der Waals surface area (Å²) in [7, 11) is 0. The van der Waals surface area contributed by atoms with E-state index in [1.165, 1.54) is 44.9 Å². The Balaban J connectivity index is 1.84. The van der Waals surface area contributed by atoms with Crippen molar-refractivity contribution >= 4 is 23.3 Å². The normalized spacial score (nSPS) is 11.1. The minimum atomic E-state index is 0.801. The van der Waals surface area contributed by atoms with Crippen molar-refractivity contribution in [2.45, 2.75) is 58.3 Å². The molecule has 0 saturated carbocycles. The van der Waals surface area contributed by atoms with Crippen molar-refractivity contribution < 1.29 is 0 Å². The van der Waals surface area contributed by atoms with Crippen molar-refractivity contribution in [1.82, 2.24) is 9.97 Å². The standard InChI is InChI=1S/C17H24N2S/c1-2-3-4-5-6-7-8-13-16-17(20)19-15-12-10-9-11-14(15)18-16/h9-12H,2-8,13H2,1H3,(H,19,20). The Morgan fingerprint density at radius 2 is 1.70 bits per heavy atom. The van der Waals surface area contributed by atoms with Crippen LogP contribution in [0.15, 0.2) is 24.3 Å². The molecule has 0 radical (unpaired) electrons. The predicted octanol–water partition coefficient (Wildman–Crippen LogP) is 5.59. The van der Waals surface area contributed by atoms with Crippen LogP contribution in [0, 0.1) is 4.64 Å². The summed E-state index contributed by atoms with van der Waals surface area (Å²) in [6, 6.07) is 8.08. The van der Waals surface area contributed by atoms with E-state index in [0.29, 0.717) is 0 Å². The Hall–Kier alpha value is -1.22. The predicted molar refractivity (Wildman–Crippen MR) is 88.6 cm³/mol. The van der Waals surface area contributed by atoms with Crippen LogP contribution in [0.5, 0.6) is 0 Å². The number of hydrogen-bond acceptors (Lipinski definition) is 2. The summed E-state index contributed by atoms with van der Waals surface area (Å²) in [5.74, 6) is 0. The zero-order chi connectivity index (χ0) is 14.2. The van der Waals surface area contributed by atoms with Gasteiger partial charge < -0.3 is 4.98 Å². The fourth-order valence-electron chi connectivity index (χ4n) is 2.49. The molecule has 0 spiro atoms. The molecule has 0 bridgehead atoms. The van der Waals surface area contributed by atoms with Crippen molar-refractivity contribution in [3.05, 3.63) is 34.6 Å². The lowest BCUT2D eigenvalue weighted by molar-refractivity contribution is 0.587. The van der Waals surface area contributed by atoms with Crippen molar-refractivity contribution in [3.63, 3.8) is 0 Å². The van der Waals surface area contributed by atoms with Gasteiger partial charge in [-0.05, 0) is 25.0 Å². The Bertz CT molecular complexity index is 589. The van der Waals surface area contributed by atoms with Gasteiger partial charge in [0.05, 0.1) is 16.7 Å². The number of para-hydroxylation sites is 2. The van der Waals surface area contributed by atoms with Crippen molar-refractivity contribution in [2.24, 2.45) is 0 Å². The highest BCUT2D eigenvalue weighted by Gasteiger charge is 2.01. The summed E-state index contributed by atoms with van der Waals surface area (Å²) in [6.45, 7) is 2.26. The third kappa shape index (κ3) is 4.41. The molecule has 2 aromatic rings. The molecule has 2 rings (SSSR count). The highest BCUT2D eigenvalue weighted by molar-refractivity contribution is 7.71. The molecule has 1 aromatic carbocycles. The van der Waals surface area contributed by atoms with E-state index in [4.69, 9.17) is 12.2 Å². The van der Waals surface area contributed by atoms with Gasteiger partial charge in [0.25, 0.3) is 0 Å². The Kier molecular flexibility index (Phi) is 6.19.